The van der Waals surface area contributed by atoms with Crippen LogP contribution >= 0.6 is 11.8 Å². The van der Waals surface area contributed by atoms with Crippen LogP contribution in [0, 0.1) is 18.6 Å². The van der Waals surface area contributed by atoms with E-state index >= 15 is 0 Å². The Balaban J connectivity index is 1.75. The number of aromatic nitrogens is 3. The molecule has 0 bridgehead atoms. The topological polar surface area (TPSA) is 117 Å². The summed E-state index contributed by atoms with van der Waals surface area (Å²) >= 11 is 0.840. The second kappa shape index (κ2) is 9.47. The van der Waals surface area contributed by atoms with Gasteiger partial charge in [-0.3, -0.25) is 19.4 Å². The molecule has 3 N–H and O–H groups in total. The first-order valence-electron chi connectivity index (χ1n) is 8.97. The number of hydrogen-bond donors (Lipinski definition) is 3. The van der Waals surface area contributed by atoms with E-state index in [0.717, 1.165) is 29.5 Å². The molecule has 3 aromatic rings. The van der Waals surface area contributed by atoms with Crippen LogP contribution in [0.5, 0.6) is 0 Å². The number of thioether (sulfide) groups is 1. The van der Waals surface area contributed by atoms with E-state index in [-0.39, 0.29) is 22.5 Å². The molecule has 8 nitrogen and oxygen atoms in total. The molecule has 0 fully saturated rings. The largest absolute Gasteiger partial charge is 0.325 e. The highest BCUT2D eigenvalue weighted by atomic mass is 32.2. The zero-order valence-electron chi connectivity index (χ0n) is 16.5. The summed E-state index contributed by atoms with van der Waals surface area (Å²) in [4.78, 5) is 38.5. The molecule has 160 valence electrons. The van der Waals surface area contributed by atoms with Crippen molar-refractivity contribution in [2.45, 2.75) is 19.0 Å². The number of benzene rings is 2. The van der Waals surface area contributed by atoms with Gasteiger partial charge in [0.25, 0.3) is 5.56 Å². The molecule has 0 aliphatic rings. The summed E-state index contributed by atoms with van der Waals surface area (Å²) in [6, 6.07) is 8.34. The number of carbonyl (C=O) groups excluding carboxylic acids is 2. The van der Waals surface area contributed by atoms with Crippen molar-refractivity contribution in [3.8, 4) is 11.3 Å². The van der Waals surface area contributed by atoms with E-state index in [4.69, 9.17) is 0 Å². The molecule has 0 saturated heterocycles. The van der Waals surface area contributed by atoms with Crippen LogP contribution in [0.2, 0.25) is 0 Å². The fourth-order valence-electron chi connectivity index (χ4n) is 2.70. The molecule has 0 aliphatic carbocycles. The van der Waals surface area contributed by atoms with E-state index in [1.165, 1.54) is 13.0 Å². The number of rotatable bonds is 6. The Labute approximate surface area is 179 Å². The van der Waals surface area contributed by atoms with Crippen molar-refractivity contribution in [2.24, 2.45) is 0 Å². The molecule has 0 spiro atoms. The van der Waals surface area contributed by atoms with Gasteiger partial charge in [0.2, 0.25) is 11.8 Å². The fraction of sp³-hybridized carbons (Fsp3) is 0.150. The number of nitrogens with one attached hydrogen (secondary N) is 3. The number of aromatic amines is 1. The quantitative estimate of drug-likeness (QED) is 0.502. The van der Waals surface area contributed by atoms with Crippen LogP contribution in [-0.4, -0.2) is 32.7 Å². The van der Waals surface area contributed by atoms with Crippen LogP contribution < -0.4 is 16.2 Å². The van der Waals surface area contributed by atoms with Gasteiger partial charge in [0.15, 0.2) is 10.9 Å². The van der Waals surface area contributed by atoms with Crippen molar-refractivity contribution in [3.05, 3.63) is 63.9 Å². The SMILES string of the molecule is CC(=O)Nc1c(C)cccc1-c1nnc(SCC(=O)Nc2c(F)cccc2F)[nH]c1=O. The third kappa shape index (κ3) is 5.31. The second-order valence-corrected chi connectivity index (χ2v) is 7.38. The van der Waals surface area contributed by atoms with E-state index in [9.17, 15) is 23.2 Å². The van der Waals surface area contributed by atoms with Crippen LogP contribution in [0.3, 0.4) is 0 Å². The van der Waals surface area contributed by atoms with Crippen molar-refractivity contribution < 1.29 is 18.4 Å². The molecular weight excluding hydrogens is 428 g/mol. The van der Waals surface area contributed by atoms with Gasteiger partial charge in [-0.1, -0.05) is 36.0 Å². The summed E-state index contributed by atoms with van der Waals surface area (Å²) in [7, 11) is 0. The molecule has 2 amide bonds. The number of nitrogens with zero attached hydrogens (tertiary/aromatic N) is 2. The highest BCUT2D eigenvalue weighted by Gasteiger charge is 2.16. The van der Waals surface area contributed by atoms with E-state index in [1.807, 2.05) is 0 Å². The van der Waals surface area contributed by atoms with Crippen LogP contribution in [0.15, 0.2) is 46.3 Å². The number of para-hydroxylation sites is 2. The Morgan fingerprint density at radius 1 is 1.03 bits per heavy atom. The minimum absolute atomic E-state index is 0.00493. The summed E-state index contributed by atoms with van der Waals surface area (Å²) in [5.41, 5.74) is 0.456. The summed E-state index contributed by atoms with van der Waals surface area (Å²) in [6.45, 7) is 3.13. The van der Waals surface area contributed by atoms with Gasteiger partial charge < -0.3 is 10.6 Å². The van der Waals surface area contributed by atoms with Crippen molar-refractivity contribution in [1.82, 2.24) is 15.2 Å². The summed E-state index contributed by atoms with van der Waals surface area (Å²) < 4.78 is 27.2. The van der Waals surface area contributed by atoms with Gasteiger partial charge in [-0.25, -0.2) is 8.78 Å². The minimum Gasteiger partial charge on any atom is -0.325 e. The number of halogens is 2. The lowest BCUT2D eigenvalue weighted by Crippen LogP contribution is -2.19. The number of H-pyrrole nitrogens is 1. The number of hydrogen-bond acceptors (Lipinski definition) is 6. The van der Waals surface area contributed by atoms with Crippen LogP contribution in [-0.2, 0) is 9.59 Å². The maximum absolute atomic E-state index is 13.6. The Morgan fingerprint density at radius 3 is 2.35 bits per heavy atom. The summed E-state index contributed by atoms with van der Waals surface area (Å²) in [5, 5.41) is 12.7. The Morgan fingerprint density at radius 2 is 1.71 bits per heavy atom. The van der Waals surface area contributed by atoms with Crippen LogP contribution in [0.25, 0.3) is 11.3 Å². The Kier molecular flexibility index (Phi) is 6.75. The first-order chi connectivity index (χ1) is 14.8. The van der Waals surface area contributed by atoms with E-state index in [0.29, 0.717) is 11.3 Å². The number of anilines is 2. The number of amides is 2. The minimum atomic E-state index is -0.899. The number of carbonyl (C=O) groups is 2. The molecule has 0 radical (unpaired) electrons. The first-order valence-corrected chi connectivity index (χ1v) is 9.96. The lowest BCUT2D eigenvalue weighted by atomic mass is 10.1. The van der Waals surface area contributed by atoms with Gasteiger partial charge in [0, 0.05) is 12.5 Å². The molecule has 0 unspecified atom stereocenters. The Bertz CT molecular complexity index is 1200. The van der Waals surface area contributed by atoms with Gasteiger partial charge in [0.05, 0.1) is 11.4 Å². The summed E-state index contributed by atoms with van der Waals surface area (Å²) in [6.07, 6.45) is 0. The maximum Gasteiger partial charge on any atom is 0.278 e. The van der Waals surface area contributed by atoms with Gasteiger partial charge >= 0.3 is 0 Å². The molecule has 0 atom stereocenters. The van der Waals surface area contributed by atoms with E-state index in [2.05, 4.69) is 25.8 Å². The lowest BCUT2D eigenvalue weighted by Gasteiger charge is -2.12. The predicted molar refractivity (Wildman–Crippen MR) is 113 cm³/mol. The van der Waals surface area contributed by atoms with Gasteiger partial charge in [0.1, 0.15) is 17.3 Å². The third-order valence-corrected chi connectivity index (χ3v) is 4.94. The standard InChI is InChI=1S/C20H17F2N5O3S/c1-10-5-3-6-12(16(10)23-11(2)28)17-19(30)25-20(27-26-17)31-9-15(29)24-18-13(21)7-4-8-14(18)22/h3-8H,9H2,1-2H3,(H,23,28)(H,24,29)(H,25,27,30). The molecule has 0 aliphatic heterocycles. The van der Waals surface area contributed by atoms with Crippen molar-refractivity contribution in [3.63, 3.8) is 0 Å². The van der Waals surface area contributed by atoms with Gasteiger partial charge in [-0.05, 0) is 24.6 Å². The maximum atomic E-state index is 13.6. The van der Waals surface area contributed by atoms with Gasteiger partial charge in [-0.2, -0.15) is 0 Å². The molecule has 31 heavy (non-hydrogen) atoms. The average molecular weight is 445 g/mol. The zero-order chi connectivity index (χ0) is 22.5. The molecule has 0 saturated carbocycles. The zero-order valence-corrected chi connectivity index (χ0v) is 17.3. The normalized spacial score (nSPS) is 10.6. The average Bonchev–Trinajstić information content (AvgIpc) is 2.71. The fourth-order valence-corrected chi connectivity index (χ4v) is 3.30. The predicted octanol–water partition coefficient (Wildman–Crippen LogP) is 3.11. The van der Waals surface area contributed by atoms with Gasteiger partial charge in [-0.15, -0.1) is 10.2 Å². The molecule has 3 rings (SSSR count). The third-order valence-electron chi connectivity index (χ3n) is 4.07. The number of aryl methyl sites for hydroxylation is 1. The molecule has 2 aromatic carbocycles. The highest BCUT2D eigenvalue weighted by molar-refractivity contribution is 7.99. The second-order valence-electron chi connectivity index (χ2n) is 6.42. The lowest BCUT2D eigenvalue weighted by molar-refractivity contribution is -0.114. The van der Waals surface area contributed by atoms with E-state index < -0.39 is 28.8 Å². The summed E-state index contributed by atoms with van der Waals surface area (Å²) in [5.74, 6) is -3.05. The Hall–Kier alpha value is -3.60. The van der Waals surface area contributed by atoms with Crippen LogP contribution in [0.4, 0.5) is 20.2 Å². The van der Waals surface area contributed by atoms with Crippen molar-refractivity contribution >= 4 is 35.0 Å². The van der Waals surface area contributed by atoms with E-state index in [1.54, 1.807) is 25.1 Å². The molecule has 1 heterocycles. The highest BCUT2D eigenvalue weighted by Crippen LogP contribution is 2.27. The smallest absolute Gasteiger partial charge is 0.278 e. The molecule has 11 heteroatoms. The van der Waals surface area contributed by atoms with Crippen molar-refractivity contribution in [2.75, 3.05) is 16.4 Å². The molecular formula is C20H17F2N5O3S. The molecule has 1 aromatic heterocycles. The van der Waals surface area contributed by atoms with Crippen LogP contribution in [0.1, 0.15) is 12.5 Å². The first kappa shape index (κ1) is 22.1. The monoisotopic (exact) mass is 445 g/mol. The van der Waals surface area contributed by atoms with Crippen molar-refractivity contribution in [1.29, 1.82) is 0 Å².